The van der Waals surface area contributed by atoms with Crippen LogP contribution in [0.2, 0.25) is 0 Å². The van der Waals surface area contributed by atoms with Gasteiger partial charge < -0.3 is 19.8 Å². The van der Waals surface area contributed by atoms with Crippen LogP contribution in [-0.2, 0) is 18.4 Å². The Balaban J connectivity index is 4.36. The Morgan fingerprint density at radius 1 is 0.438 bits per heavy atom. The van der Waals surface area contributed by atoms with Crippen LogP contribution in [0.4, 0.5) is 0 Å². The molecule has 3 N–H and O–H groups in total. The normalized spacial score (nSPS) is 14.7. The average molecular weight is 1130 g/mol. The highest BCUT2D eigenvalue weighted by molar-refractivity contribution is 7.47. The molecule has 0 aromatic rings. The molecule has 3 atom stereocenters. The van der Waals surface area contributed by atoms with Gasteiger partial charge in [-0.05, 0) is 109 Å². The van der Waals surface area contributed by atoms with Crippen LogP contribution >= 0.6 is 7.82 Å². The number of hydrogen-bond acceptors (Lipinski definition) is 5. The first kappa shape index (κ1) is 76.4. The van der Waals surface area contributed by atoms with Gasteiger partial charge in [0.05, 0.1) is 39.9 Å². The van der Waals surface area contributed by atoms with Crippen molar-refractivity contribution in [1.29, 1.82) is 0 Å². The number of aliphatic hydroxyl groups is 1. The van der Waals surface area contributed by atoms with Crippen LogP contribution in [-0.4, -0.2) is 73.4 Å². The molecule has 0 aliphatic heterocycles. The molecule has 0 aromatic heterocycles. The number of hydrogen-bond donors (Lipinski definition) is 3. The minimum Gasteiger partial charge on any atom is -0.387 e. The summed E-state index contributed by atoms with van der Waals surface area (Å²) in [5.74, 6) is -0.253. The van der Waals surface area contributed by atoms with Gasteiger partial charge in [0, 0.05) is 6.42 Å². The number of aliphatic hydroxyl groups excluding tert-OH is 1. The van der Waals surface area contributed by atoms with Crippen LogP contribution in [0, 0.1) is 0 Å². The van der Waals surface area contributed by atoms with Gasteiger partial charge in [-0.25, -0.2) is 4.57 Å². The molecule has 0 spiro atoms. The number of phosphoric ester groups is 1. The molecule has 9 heteroatoms. The minimum atomic E-state index is -4.39. The second kappa shape index (κ2) is 60.0. The number of likely N-dealkylation sites (N-methyl/N-ethyl adjacent to an activating group) is 1. The zero-order chi connectivity index (χ0) is 58.4. The third-order valence-electron chi connectivity index (χ3n) is 13.5. The predicted octanol–water partition coefficient (Wildman–Crippen LogP) is 20.4. The Morgan fingerprint density at radius 2 is 0.762 bits per heavy atom. The molecular weight excluding hydrogens is 1010 g/mol. The van der Waals surface area contributed by atoms with Crippen molar-refractivity contribution >= 4 is 13.7 Å². The number of carbonyl (C=O) groups is 1. The van der Waals surface area contributed by atoms with Crippen molar-refractivity contribution in [2.45, 2.75) is 257 Å². The Hall–Kier alpha value is -3.62. The molecule has 0 rings (SSSR count). The molecule has 0 bridgehead atoms. The maximum atomic E-state index is 13.0. The third kappa shape index (κ3) is 62.0. The van der Waals surface area contributed by atoms with Gasteiger partial charge in [-0.15, -0.1) is 0 Å². The lowest BCUT2D eigenvalue weighted by atomic mass is 10.0. The van der Waals surface area contributed by atoms with Crippen molar-refractivity contribution in [2.24, 2.45) is 0 Å². The fraction of sp³-hybridized carbons (Fsp3) is 0.648. The van der Waals surface area contributed by atoms with Gasteiger partial charge in [0.15, 0.2) is 0 Å². The molecule has 0 aliphatic carbocycles. The topological polar surface area (TPSA) is 105 Å². The van der Waals surface area contributed by atoms with Gasteiger partial charge in [0.1, 0.15) is 13.2 Å². The molecule has 0 radical (unpaired) electrons. The fourth-order valence-electron chi connectivity index (χ4n) is 8.55. The van der Waals surface area contributed by atoms with Crippen molar-refractivity contribution in [3.8, 4) is 0 Å². The molecule has 0 saturated heterocycles. The van der Waals surface area contributed by atoms with E-state index in [0.29, 0.717) is 17.4 Å². The van der Waals surface area contributed by atoms with E-state index in [4.69, 9.17) is 9.05 Å². The van der Waals surface area contributed by atoms with Gasteiger partial charge in [-0.3, -0.25) is 13.8 Å². The summed E-state index contributed by atoms with van der Waals surface area (Å²) < 4.78 is 23.7. The number of phosphoric acid groups is 1. The number of nitrogens with zero attached hydrogens (tertiary/aromatic N) is 1. The van der Waals surface area contributed by atoms with Crippen LogP contribution in [0.3, 0.4) is 0 Å². The van der Waals surface area contributed by atoms with E-state index in [1.165, 1.54) is 128 Å². The summed E-state index contributed by atoms with van der Waals surface area (Å²) in [6.07, 6.45) is 92.8. The minimum absolute atomic E-state index is 0.0340. The molecule has 0 saturated carbocycles. The SMILES string of the molecule is CC/C=C\C/C=C\C/C=C\C/C=C\C/C=C\C/C=C\C/C=C\C/C=C\C/C=C\CCCC(=O)NC(COP(=O)(O)OCC[N+](C)(C)C)C(O)/C=C/CC/C=C/CC/C=C/CCCCCCCCCCCCCCCCCCCCC. The molecule has 0 aliphatic rings. The number of allylic oxidation sites excluding steroid dienone is 23. The summed E-state index contributed by atoms with van der Waals surface area (Å²) in [6, 6.07) is -0.914. The first-order valence-corrected chi connectivity index (χ1v) is 33.7. The summed E-state index contributed by atoms with van der Waals surface area (Å²) in [7, 11) is 1.49. The van der Waals surface area contributed by atoms with Gasteiger partial charge in [0.25, 0.3) is 0 Å². The number of rotatable bonds is 57. The fourth-order valence-corrected chi connectivity index (χ4v) is 9.28. The summed E-state index contributed by atoms with van der Waals surface area (Å²) in [5.41, 5.74) is 0. The van der Waals surface area contributed by atoms with E-state index in [0.717, 1.165) is 89.9 Å². The first-order chi connectivity index (χ1) is 39.0. The highest BCUT2D eigenvalue weighted by Crippen LogP contribution is 2.43. The molecular formula is C71H122N2O6P+. The largest absolute Gasteiger partial charge is 0.472 e. The van der Waals surface area contributed by atoms with Crippen LogP contribution in [0.15, 0.2) is 146 Å². The van der Waals surface area contributed by atoms with Crippen LogP contribution in [0.25, 0.3) is 0 Å². The Kier molecular flexibility index (Phi) is 57.3. The summed E-state index contributed by atoms with van der Waals surface area (Å²) in [6.45, 7) is 4.63. The zero-order valence-electron chi connectivity index (χ0n) is 52.0. The Labute approximate surface area is 493 Å². The average Bonchev–Trinajstić information content (AvgIpc) is 3.42. The molecule has 80 heavy (non-hydrogen) atoms. The monoisotopic (exact) mass is 1130 g/mol. The van der Waals surface area contributed by atoms with Gasteiger partial charge in [-0.1, -0.05) is 275 Å². The number of nitrogens with one attached hydrogen (secondary N) is 1. The van der Waals surface area contributed by atoms with Crippen molar-refractivity contribution < 1.29 is 32.9 Å². The molecule has 8 nitrogen and oxygen atoms in total. The second-order valence-electron chi connectivity index (χ2n) is 22.4. The maximum Gasteiger partial charge on any atom is 0.472 e. The molecule has 456 valence electrons. The number of carbonyl (C=O) groups excluding carboxylic acids is 1. The summed E-state index contributed by atoms with van der Waals surface area (Å²) in [5, 5.41) is 13.9. The van der Waals surface area contributed by atoms with Crippen molar-refractivity contribution in [2.75, 3.05) is 40.9 Å². The van der Waals surface area contributed by atoms with E-state index in [2.05, 4.69) is 153 Å². The highest BCUT2D eigenvalue weighted by Gasteiger charge is 2.27. The maximum absolute atomic E-state index is 13.0. The van der Waals surface area contributed by atoms with Gasteiger partial charge in [-0.2, -0.15) is 0 Å². The van der Waals surface area contributed by atoms with E-state index < -0.39 is 20.0 Å². The number of unbranched alkanes of at least 4 members (excludes halogenated alkanes) is 22. The molecule has 0 aromatic carbocycles. The van der Waals surface area contributed by atoms with Crippen LogP contribution < -0.4 is 5.32 Å². The predicted molar refractivity (Wildman–Crippen MR) is 350 cm³/mol. The standard InChI is InChI=1S/C71H121N2O6P/c1-6-8-10-12-14-16-18-20-22-24-26-28-30-32-34-36-38-40-42-44-46-48-50-52-54-56-58-60-62-64-70(74)69(68-79-80(76,77)78-67-66-73(3,4)5)72-71(75)65-63-61-59-57-55-53-51-49-47-45-43-41-39-37-35-33-31-29-27-25-23-21-19-17-15-13-11-9-7-2/h9,11,15,17,21,23,27,29,33,35,39,41,45-48,51,53-54,56-57,59,62,64,69-70,74H,6-8,10,12-14,16,18-20,22,24-26,28,30-32,34,36-38,40,42-44,49-50,52,55,58,60-61,63,65-68H2,1-5H3,(H-,72,75,76,77)/p+1/b11-9-,17-15-,23-21-,29-27-,35-33-,41-39-,47-45-,48-46+,53-51-,56-54+,59-57-,64-62+. The van der Waals surface area contributed by atoms with E-state index in [1.807, 2.05) is 27.2 Å². The summed E-state index contributed by atoms with van der Waals surface area (Å²) in [4.78, 5) is 23.3. The smallest absolute Gasteiger partial charge is 0.387 e. The molecule has 3 unspecified atom stereocenters. The van der Waals surface area contributed by atoms with Crippen molar-refractivity contribution in [3.63, 3.8) is 0 Å². The molecule has 0 heterocycles. The van der Waals surface area contributed by atoms with Crippen LogP contribution in [0.1, 0.15) is 245 Å². The van der Waals surface area contributed by atoms with E-state index in [-0.39, 0.29) is 25.5 Å². The van der Waals surface area contributed by atoms with E-state index in [1.54, 1.807) is 6.08 Å². The van der Waals surface area contributed by atoms with Crippen molar-refractivity contribution in [3.05, 3.63) is 146 Å². The third-order valence-corrected chi connectivity index (χ3v) is 14.5. The number of quaternary nitrogens is 1. The van der Waals surface area contributed by atoms with Crippen LogP contribution in [0.5, 0.6) is 0 Å². The van der Waals surface area contributed by atoms with E-state index >= 15 is 0 Å². The number of amides is 1. The Bertz CT molecular complexity index is 1810. The molecule has 0 fully saturated rings. The summed E-state index contributed by atoms with van der Waals surface area (Å²) >= 11 is 0. The lowest BCUT2D eigenvalue weighted by Crippen LogP contribution is -2.45. The zero-order valence-corrected chi connectivity index (χ0v) is 52.9. The quantitative estimate of drug-likeness (QED) is 0.0243. The second-order valence-corrected chi connectivity index (χ2v) is 23.8. The lowest BCUT2D eigenvalue weighted by molar-refractivity contribution is -0.870. The van der Waals surface area contributed by atoms with E-state index in [9.17, 15) is 19.4 Å². The highest BCUT2D eigenvalue weighted by atomic mass is 31.2. The van der Waals surface area contributed by atoms with Gasteiger partial charge >= 0.3 is 7.82 Å². The molecule has 1 amide bonds. The Morgan fingerprint density at radius 3 is 1.15 bits per heavy atom. The first-order valence-electron chi connectivity index (χ1n) is 32.2. The van der Waals surface area contributed by atoms with Gasteiger partial charge in [0.2, 0.25) is 5.91 Å². The van der Waals surface area contributed by atoms with Crippen molar-refractivity contribution in [1.82, 2.24) is 5.32 Å². The lowest BCUT2D eigenvalue weighted by Gasteiger charge is -2.25.